The van der Waals surface area contributed by atoms with E-state index in [4.69, 9.17) is 5.73 Å². The number of nitrogens with two attached hydrogens (primary N) is 1. The van der Waals surface area contributed by atoms with E-state index in [1.54, 1.807) is 0 Å². The third-order valence-corrected chi connectivity index (χ3v) is 3.79. The highest BCUT2D eigenvalue weighted by Gasteiger charge is 2.21. The molecule has 1 aliphatic rings. The van der Waals surface area contributed by atoms with Crippen LogP contribution in [-0.4, -0.2) is 18.5 Å². The second-order valence-electron chi connectivity index (χ2n) is 5.45. The number of rotatable bonds is 2. The Morgan fingerprint density at radius 2 is 2.16 bits per heavy atom. The molecular weight excluding hydrogens is 238 g/mol. The van der Waals surface area contributed by atoms with Crippen LogP contribution in [0.2, 0.25) is 0 Å². The van der Waals surface area contributed by atoms with Crippen molar-refractivity contribution in [3.8, 4) is 0 Å². The van der Waals surface area contributed by atoms with E-state index in [0.29, 0.717) is 17.4 Å². The van der Waals surface area contributed by atoms with Crippen molar-refractivity contribution in [3.63, 3.8) is 0 Å². The van der Waals surface area contributed by atoms with Crippen LogP contribution in [0.4, 0.5) is 17.1 Å². The fraction of sp³-hybridized carbons (Fsp3) is 0.533. The highest BCUT2D eigenvalue weighted by molar-refractivity contribution is 5.93. The van der Waals surface area contributed by atoms with Gasteiger partial charge in [-0.1, -0.05) is 0 Å². The van der Waals surface area contributed by atoms with E-state index < -0.39 is 0 Å². The minimum atomic E-state index is -0.0896. The lowest BCUT2D eigenvalue weighted by atomic mass is 10.0. The Labute approximate surface area is 115 Å². The van der Waals surface area contributed by atoms with Crippen LogP contribution in [-0.2, 0) is 4.79 Å². The molecule has 1 aromatic rings. The first kappa shape index (κ1) is 13.7. The maximum Gasteiger partial charge on any atom is 0.221 e. The molecule has 104 valence electrons. The van der Waals surface area contributed by atoms with E-state index >= 15 is 0 Å². The summed E-state index contributed by atoms with van der Waals surface area (Å²) >= 11 is 0. The predicted octanol–water partition coefficient (Wildman–Crippen LogP) is 2.91. The van der Waals surface area contributed by atoms with Gasteiger partial charge in [-0.3, -0.25) is 4.79 Å². The van der Waals surface area contributed by atoms with Crippen molar-refractivity contribution in [2.75, 3.05) is 22.5 Å². The van der Waals surface area contributed by atoms with Crippen LogP contribution in [0, 0.1) is 6.92 Å². The third kappa shape index (κ3) is 3.00. The molecule has 0 unspecified atom stereocenters. The van der Waals surface area contributed by atoms with Crippen LogP contribution in [0.15, 0.2) is 12.1 Å². The Hall–Kier alpha value is -1.71. The van der Waals surface area contributed by atoms with Crippen molar-refractivity contribution in [2.45, 2.75) is 46.1 Å². The molecule has 0 aromatic heterocycles. The maximum atomic E-state index is 11.2. The number of hydrogen-bond acceptors (Lipinski definition) is 3. The normalized spacial score (nSPS) is 19.3. The summed E-state index contributed by atoms with van der Waals surface area (Å²) in [6, 6.07) is 4.50. The number of nitrogens with one attached hydrogen (secondary N) is 1. The quantitative estimate of drug-likeness (QED) is 0.805. The number of anilines is 3. The summed E-state index contributed by atoms with van der Waals surface area (Å²) in [7, 11) is 0. The number of aryl methyl sites for hydroxylation is 1. The number of nitrogen functional groups attached to an aromatic ring is 1. The summed E-state index contributed by atoms with van der Waals surface area (Å²) in [5.74, 6) is -0.0896. The standard InChI is InChI=1S/C15H23N3O/c1-10-8-13(16)14(17-12(3)19)9-15(10)18-7-5-4-6-11(18)2/h8-9,11H,4-7,16H2,1-3H3,(H,17,19)/t11-/m1/s1. The third-order valence-electron chi connectivity index (χ3n) is 3.79. The molecule has 0 bridgehead atoms. The highest BCUT2D eigenvalue weighted by atomic mass is 16.1. The molecule has 1 fully saturated rings. The minimum absolute atomic E-state index is 0.0896. The summed E-state index contributed by atoms with van der Waals surface area (Å²) in [5, 5.41) is 2.80. The van der Waals surface area contributed by atoms with Gasteiger partial charge in [-0.25, -0.2) is 0 Å². The molecule has 1 heterocycles. The van der Waals surface area contributed by atoms with Crippen LogP contribution < -0.4 is 16.0 Å². The summed E-state index contributed by atoms with van der Waals surface area (Å²) in [4.78, 5) is 13.6. The molecule has 2 rings (SSSR count). The molecular formula is C15H23N3O. The fourth-order valence-electron chi connectivity index (χ4n) is 2.78. The second kappa shape index (κ2) is 5.51. The zero-order valence-corrected chi connectivity index (χ0v) is 12.0. The number of hydrogen-bond donors (Lipinski definition) is 2. The van der Waals surface area contributed by atoms with Gasteiger partial charge in [0.15, 0.2) is 0 Å². The van der Waals surface area contributed by atoms with Gasteiger partial charge in [0, 0.05) is 25.2 Å². The van der Waals surface area contributed by atoms with Gasteiger partial charge in [0.05, 0.1) is 11.4 Å². The molecule has 0 saturated carbocycles. The summed E-state index contributed by atoms with van der Waals surface area (Å²) < 4.78 is 0. The second-order valence-corrected chi connectivity index (χ2v) is 5.45. The Morgan fingerprint density at radius 3 is 2.79 bits per heavy atom. The van der Waals surface area contributed by atoms with Crippen molar-refractivity contribution >= 4 is 23.0 Å². The average molecular weight is 261 g/mol. The van der Waals surface area contributed by atoms with Gasteiger partial charge in [0.1, 0.15) is 0 Å². The molecule has 1 atom stereocenters. The number of nitrogens with zero attached hydrogens (tertiary/aromatic N) is 1. The highest BCUT2D eigenvalue weighted by Crippen LogP contribution is 2.33. The largest absolute Gasteiger partial charge is 0.397 e. The summed E-state index contributed by atoms with van der Waals surface area (Å²) in [5.41, 5.74) is 9.66. The molecule has 0 aliphatic carbocycles. The van der Waals surface area contributed by atoms with E-state index in [1.807, 2.05) is 12.1 Å². The monoisotopic (exact) mass is 261 g/mol. The molecule has 1 amide bonds. The van der Waals surface area contributed by atoms with Crippen molar-refractivity contribution in [2.24, 2.45) is 0 Å². The average Bonchev–Trinajstić information content (AvgIpc) is 2.33. The van der Waals surface area contributed by atoms with E-state index in [0.717, 1.165) is 6.54 Å². The van der Waals surface area contributed by atoms with Crippen LogP contribution in [0.3, 0.4) is 0 Å². The zero-order valence-electron chi connectivity index (χ0n) is 12.0. The first-order chi connectivity index (χ1) is 8.99. The SMILES string of the molecule is CC(=O)Nc1cc(N2CCCC[C@H]2C)c(C)cc1N. The van der Waals surface area contributed by atoms with E-state index in [9.17, 15) is 4.79 Å². The molecule has 19 heavy (non-hydrogen) atoms. The number of piperidine rings is 1. The molecule has 3 N–H and O–H groups in total. The van der Waals surface area contributed by atoms with Gasteiger partial charge < -0.3 is 16.0 Å². The van der Waals surface area contributed by atoms with Gasteiger partial charge in [-0.05, 0) is 50.8 Å². The zero-order chi connectivity index (χ0) is 14.0. The first-order valence-electron chi connectivity index (χ1n) is 6.93. The Kier molecular flexibility index (Phi) is 3.98. The van der Waals surface area contributed by atoms with Gasteiger partial charge >= 0.3 is 0 Å². The molecule has 4 nitrogen and oxygen atoms in total. The Bertz CT molecular complexity index is 485. The molecule has 0 radical (unpaired) electrons. The molecule has 1 aliphatic heterocycles. The van der Waals surface area contributed by atoms with E-state index in [-0.39, 0.29) is 5.91 Å². The van der Waals surface area contributed by atoms with Crippen molar-refractivity contribution in [1.29, 1.82) is 0 Å². The first-order valence-corrected chi connectivity index (χ1v) is 6.93. The number of amides is 1. The number of carbonyl (C=O) groups excluding carboxylic acids is 1. The van der Waals surface area contributed by atoms with E-state index in [1.165, 1.54) is 37.4 Å². The van der Waals surface area contributed by atoms with Crippen LogP contribution in [0.5, 0.6) is 0 Å². The lowest BCUT2D eigenvalue weighted by molar-refractivity contribution is -0.114. The van der Waals surface area contributed by atoms with Crippen LogP contribution in [0.25, 0.3) is 0 Å². The molecule has 1 aromatic carbocycles. The van der Waals surface area contributed by atoms with Crippen molar-refractivity contribution in [1.82, 2.24) is 0 Å². The van der Waals surface area contributed by atoms with Crippen LogP contribution in [0.1, 0.15) is 38.7 Å². The number of benzene rings is 1. The van der Waals surface area contributed by atoms with E-state index in [2.05, 4.69) is 24.1 Å². The van der Waals surface area contributed by atoms with Crippen molar-refractivity contribution in [3.05, 3.63) is 17.7 Å². The summed E-state index contributed by atoms with van der Waals surface area (Å²) in [6.45, 7) is 6.91. The minimum Gasteiger partial charge on any atom is -0.397 e. The molecule has 4 heteroatoms. The van der Waals surface area contributed by atoms with Gasteiger partial charge in [-0.2, -0.15) is 0 Å². The van der Waals surface area contributed by atoms with Gasteiger partial charge in [-0.15, -0.1) is 0 Å². The lowest BCUT2D eigenvalue weighted by Crippen LogP contribution is -2.37. The Morgan fingerprint density at radius 1 is 1.42 bits per heavy atom. The fourth-order valence-corrected chi connectivity index (χ4v) is 2.78. The molecule has 1 saturated heterocycles. The molecule has 0 spiro atoms. The predicted molar refractivity (Wildman–Crippen MR) is 80.6 cm³/mol. The van der Waals surface area contributed by atoms with Crippen molar-refractivity contribution < 1.29 is 4.79 Å². The Balaban J connectivity index is 2.36. The topological polar surface area (TPSA) is 58.4 Å². The number of carbonyl (C=O) groups is 1. The van der Waals surface area contributed by atoms with Gasteiger partial charge in [0.25, 0.3) is 0 Å². The van der Waals surface area contributed by atoms with Crippen LogP contribution >= 0.6 is 0 Å². The lowest BCUT2D eigenvalue weighted by Gasteiger charge is -2.36. The smallest absolute Gasteiger partial charge is 0.221 e. The summed E-state index contributed by atoms with van der Waals surface area (Å²) in [6.07, 6.45) is 3.74. The van der Waals surface area contributed by atoms with Gasteiger partial charge in [0.2, 0.25) is 5.91 Å². The maximum absolute atomic E-state index is 11.2.